The summed E-state index contributed by atoms with van der Waals surface area (Å²) in [6.07, 6.45) is 0. The number of rotatable bonds is 3. The van der Waals surface area contributed by atoms with Crippen molar-refractivity contribution in [1.29, 1.82) is 0 Å². The van der Waals surface area contributed by atoms with Gasteiger partial charge in [-0.1, -0.05) is 18.2 Å². The summed E-state index contributed by atoms with van der Waals surface area (Å²) in [6.45, 7) is 1.95. The van der Waals surface area contributed by atoms with Crippen LogP contribution in [0.5, 0.6) is 0 Å². The SMILES string of the molecule is CC(Nc1cccc(F)c1I)c1ccc(F)cc1. The van der Waals surface area contributed by atoms with Crippen molar-refractivity contribution in [3.8, 4) is 0 Å². The van der Waals surface area contributed by atoms with Gasteiger partial charge in [-0.3, -0.25) is 0 Å². The highest BCUT2D eigenvalue weighted by molar-refractivity contribution is 14.1. The minimum atomic E-state index is -0.258. The smallest absolute Gasteiger partial charge is 0.138 e. The molecular formula is C14H12F2IN. The van der Waals surface area contributed by atoms with Gasteiger partial charge in [-0.25, -0.2) is 8.78 Å². The Morgan fingerprint density at radius 2 is 1.72 bits per heavy atom. The first-order chi connectivity index (χ1) is 8.58. The molecule has 0 spiro atoms. The molecule has 18 heavy (non-hydrogen) atoms. The van der Waals surface area contributed by atoms with Crippen LogP contribution in [-0.4, -0.2) is 0 Å². The molecule has 0 aliphatic rings. The van der Waals surface area contributed by atoms with Crippen LogP contribution in [-0.2, 0) is 0 Å². The Kier molecular flexibility index (Phi) is 4.16. The van der Waals surface area contributed by atoms with Crippen molar-refractivity contribution < 1.29 is 8.78 Å². The largest absolute Gasteiger partial charge is 0.378 e. The van der Waals surface area contributed by atoms with Crippen molar-refractivity contribution in [3.05, 3.63) is 63.2 Å². The van der Waals surface area contributed by atoms with Crippen molar-refractivity contribution in [2.24, 2.45) is 0 Å². The van der Waals surface area contributed by atoms with Gasteiger partial charge < -0.3 is 5.32 Å². The maximum Gasteiger partial charge on any atom is 0.138 e. The fourth-order valence-electron chi connectivity index (χ4n) is 1.68. The number of anilines is 1. The second-order valence-corrected chi connectivity index (χ2v) is 5.10. The lowest BCUT2D eigenvalue weighted by molar-refractivity contribution is 0.620. The summed E-state index contributed by atoms with van der Waals surface area (Å²) in [7, 11) is 0. The monoisotopic (exact) mass is 359 g/mol. The van der Waals surface area contributed by atoms with E-state index in [1.165, 1.54) is 18.2 Å². The topological polar surface area (TPSA) is 12.0 Å². The molecule has 0 amide bonds. The molecule has 2 aromatic carbocycles. The van der Waals surface area contributed by atoms with Gasteiger partial charge in [-0.15, -0.1) is 0 Å². The molecule has 0 heterocycles. The van der Waals surface area contributed by atoms with Crippen LogP contribution in [0.4, 0.5) is 14.5 Å². The molecule has 1 N–H and O–H groups in total. The highest BCUT2D eigenvalue weighted by atomic mass is 127. The third-order valence-electron chi connectivity index (χ3n) is 2.69. The first-order valence-corrected chi connectivity index (χ1v) is 6.62. The number of halogens is 3. The van der Waals surface area contributed by atoms with Crippen LogP contribution in [0.2, 0.25) is 0 Å². The molecule has 0 bridgehead atoms. The van der Waals surface area contributed by atoms with E-state index in [2.05, 4.69) is 5.32 Å². The van der Waals surface area contributed by atoms with Gasteiger partial charge in [0.25, 0.3) is 0 Å². The number of nitrogens with one attached hydrogen (secondary N) is 1. The van der Waals surface area contributed by atoms with Crippen molar-refractivity contribution in [2.45, 2.75) is 13.0 Å². The van der Waals surface area contributed by atoms with Crippen LogP contribution in [0.3, 0.4) is 0 Å². The maximum atomic E-state index is 13.4. The normalized spacial score (nSPS) is 12.2. The molecule has 0 radical (unpaired) electrons. The third-order valence-corrected chi connectivity index (χ3v) is 3.79. The zero-order chi connectivity index (χ0) is 13.1. The predicted octanol–water partition coefficient (Wildman–Crippen LogP) is 4.74. The first kappa shape index (κ1) is 13.3. The molecule has 0 saturated heterocycles. The van der Waals surface area contributed by atoms with Gasteiger partial charge in [-0.05, 0) is 59.3 Å². The molecule has 1 unspecified atom stereocenters. The molecule has 1 nitrogen and oxygen atoms in total. The third kappa shape index (κ3) is 2.98. The van der Waals surface area contributed by atoms with Gasteiger partial charge in [-0.2, -0.15) is 0 Å². The molecule has 0 fully saturated rings. The molecule has 4 heteroatoms. The predicted molar refractivity (Wildman–Crippen MR) is 77.6 cm³/mol. The molecule has 0 saturated carbocycles. The van der Waals surface area contributed by atoms with Crippen LogP contribution in [0.25, 0.3) is 0 Å². The molecule has 94 valence electrons. The highest BCUT2D eigenvalue weighted by Crippen LogP contribution is 2.25. The molecule has 2 rings (SSSR count). The molecule has 1 atom stereocenters. The Morgan fingerprint density at radius 3 is 2.39 bits per heavy atom. The average Bonchev–Trinajstić information content (AvgIpc) is 2.36. The van der Waals surface area contributed by atoms with E-state index in [4.69, 9.17) is 0 Å². The number of hydrogen-bond donors (Lipinski definition) is 1. The van der Waals surface area contributed by atoms with E-state index in [-0.39, 0.29) is 17.7 Å². The Labute approximate surface area is 118 Å². The maximum absolute atomic E-state index is 13.4. The Balaban J connectivity index is 2.18. The summed E-state index contributed by atoms with van der Waals surface area (Å²) >= 11 is 1.97. The second-order valence-electron chi connectivity index (χ2n) is 4.02. The van der Waals surface area contributed by atoms with E-state index in [0.29, 0.717) is 3.57 Å². The van der Waals surface area contributed by atoms with Crippen molar-refractivity contribution >= 4 is 28.3 Å². The number of hydrogen-bond acceptors (Lipinski definition) is 1. The van der Waals surface area contributed by atoms with Crippen molar-refractivity contribution in [2.75, 3.05) is 5.32 Å². The van der Waals surface area contributed by atoms with E-state index in [1.54, 1.807) is 18.2 Å². The first-order valence-electron chi connectivity index (χ1n) is 5.54. The summed E-state index contributed by atoms with van der Waals surface area (Å²) in [5.74, 6) is -0.502. The van der Waals surface area contributed by atoms with E-state index in [0.717, 1.165) is 11.3 Å². The molecule has 0 aliphatic heterocycles. The van der Waals surface area contributed by atoms with Crippen LogP contribution in [0.1, 0.15) is 18.5 Å². The summed E-state index contributed by atoms with van der Waals surface area (Å²) in [6, 6.07) is 11.2. The fraction of sp³-hybridized carbons (Fsp3) is 0.143. The second kappa shape index (κ2) is 5.65. The minimum absolute atomic E-state index is 0.0130. The summed E-state index contributed by atoms with van der Waals surface area (Å²) in [5.41, 5.74) is 1.70. The lowest BCUT2D eigenvalue weighted by Gasteiger charge is -2.17. The van der Waals surface area contributed by atoms with Gasteiger partial charge >= 0.3 is 0 Å². The van der Waals surface area contributed by atoms with Gasteiger partial charge in [0.15, 0.2) is 0 Å². The van der Waals surface area contributed by atoms with Gasteiger partial charge in [0, 0.05) is 6.04 Å². The van der Waals surface area contributed by atoms with Gasteiger partial charge in [0.2, 0.25) is 0 Å². The summed E-state index contributed by atoms with van der Waals surface area (Å²) in [5, 5.41) is 3.22. The number of benzene rings is 2. The Morgan fingerprint density at radius 1 is 1.06 bits per heavy atom. The quantitative estimate of drug-likeness (QED) is 0.781. The van der Waals surface area contributed by atoms with Crippen LogP contribution in [0.15, 0.2) is 42.5 Å². The Bertz CT molecular complexity index is 540. The summed E-state index contributed by atoms with van der Waals surface area (Å²) < 4.78 is 26.8. The average molecular weight is 359 g/mol. The molecule has 0 aromatic heterocycles. The molecule has 0 aliphatic carbocycles. The van der Waals surface area contributed by atoms with E-state index >= 15 is 0 Å². The van der Waals surface area contributed by atoms with Crippen molar-refractivity contribution in [1.82, 2.24) is 0 Å². The van der Waals surface area contributed by atoms with E-state index < -0.39 is 0 Å². The lowest BCUT2D eigenvalue weighted by atomic mass is 10.1. The standard InChI is InChI=1S/C14H12F2IN/c1-9(10-5-7-11(15)8-6-10)18-13-4-2-3-12(16)14(13)17/h2-9,18H,1H3. The van der Waals surface area contributed by atoms with E-state index in [1.807, 2.05) is 35.6 Å². The zero-order valence-electron chi connectivity index (χ0n) is 9.75. The highest BCUT2D eigenvalue weighted by Gasteiger charge is 2.09. The van der Waals surface area contributed by atoms with E-state index in [9.17, 15) is 8.78 Å². The van der Waals surface area contributed by atoms with Crippen LogP contribution < -0.4 is 5.32 Å². The summed E-state index contributed by atoms with van der Waals surface area (Å²) in [4.78, 5) is 0. The van der Waals surface area contributed by atoms with Crippen LogP contribution >= 0.6 is 22.6 Å². The van der Waals surface area contributed by atoms with Gasteiger partial charge in [0.1, 0.15) is 11.6 Å². The minimum Gasteiger partial charge on any atom is -0.378 e. The van der Waals surface area contributed by atoms with Crippen LogP contribution in [0, 0.1) is 15.2 Å². The molecular weight excluding hydrogens is 347 g/mol. The lowest BCUT2D eigenvalue weighted by Crippen LogP contribution is -2.08. The fourth-order valence-corrected chi connectivity index (χ4v) is 2.20. The zero-order valence-corrected chi connectivity index (χ0v) is 11.9. The van der Waals surface area contributed by atoms with Crippen molar-refractivity contribution in [3.63, 3.8) is 0 Å². The van der Waals surface area contributed by atoms with Gasteiger partial charge in [0.05, 0.1) is 9.26 Å². The molecule has 2 aromatic rings. The Hall–Kier alpha value is -1.17.